The maximum absolute atomic E-state index is 9.07. The SMILES string of the molecule is CC.O=C=NON=C=O. The van der Waals surface area contributed by atoms with E-state index in [1.807, 2.05) is 13.8 Å². The summed E-state index contributed by atoms with van der Waals surface area (Å²) in [6.07, 6.45) is 1.97. The van der Waals surface area contributed by atoms with Crippen molar-refractivity contribution >= 4 is 12.2 Å². The molecule has 0 aliphatic heterocycles. The molecule has 0 atom stereocenters. The van der Waals surface area contributed by atoms with E-state index in [0.29, 0.717) is 0 Å². The summed E-state index contributed by atoms with van der Waals surface area (Å²) in [6.45, 7) is 4.00. The van der Waals surface area contributed by atoms with Crippen LogP contribution in [-0.2, 0) is 14.5 Å². The Morgan fingerprint density at radius 1 is 1.11 bits per heavy atom. The smallest absolute Gasteiger partial charge is 0.221 e. The zero-order chi connectivity index (χ0) is 7.54. The molecule has 50 valence electrons. The number of hydrogen-bond donors (Lipinski definition) is 0. The van der Waals surface area contributed by atoms with E-state index in [4.69, 9.17) is 9.59 Å². The summed E-state index contributed by atoms with van der Waals surface area (Å²) in [5.74, 6) is 0. The first kappa shape index (κ1) is 10.5. The van der Waals surface area contributed by atoms with Crippen LogP contribution in [0.3, 0.4) is 0 Å². The molecule has 0 N–H and O–H groups in total. The summed E-state index contributed by atoms with van der Waals surface area (Å²) in [4.78, 5) is 21.7. The highest BCUT2D eigenvalue weighted by Crippen LogP contribution is 1.65. The van der Waals surface area contributed by atoms with Crippen molar-refractivity contribution < 1.29 is 14.5 Å². The molecule has 0 rings (SSSR count). The molecule has 9 heavy (non-hydrogen) atoms. The monoisotopic (exact) mass is 130 g/mol. The van der Waals surface area contributed by atoms with Crippen LogP contribution in [0.4, 0.5) is 0 Å². The van der Waals surface area contributed by atoms with E-state index in [0.717, 1.165) is 12.2 Å². The van der Waals surface area contributed by atoms with Gasteiger partial charge in [-0.3, -0.25) is 0 Å². The fraction of sp³-hybridized carbons (Fsp3) is 0.500. The quantitative estimate of drug-likeness (QED) is 0.311. The highest BCUT2D eigenvalue weighted by Gasteiger charge is 1.61. The second-order valence-corrected chi connectivity index (χ2v) is 0.447. The summed E-state index contributed by atoms with van der Waals surface area (Å²) < 4.78 is 0. The van der Waals surface area contributed by atoms with Gasteiger partial charge in [-0.05, 0) is 0 Å². The molecule has 0 amide bonds. The predicted octanol–water partition coefficient (Wildman–Crippen LogP) is 0.531. The molecule has 0 saturated carbocycles. The van der Waals surface area contributed by atoms with Crippen LogP contribution < -0.4 is 0 Å². The van der Waals surface area contributed by atoms with Crippen LogP contribution in [0.1, 0.15) is 13.8 Å². The third-order valence-corrected chi connectivity index (χ3v) is 0.156. The van der Waals surface area contributed by atoms with E-state index in [1.165, 1.54) is 0 Å². The lowest BCUT2D eigenvalue weighted by molar-refractivity contribution is 0.154. The molecular weight excluding hydrogens is 124 g/mol. The van der Waals surface area contributed by atoms with Crippen LogP contribution in [0.5, 0.6) is 0 Å². The van der Waals surface area contributed by atoms with E-state index in [9.17, 15) is 0 Å². The number of hydrogen-bond acceptors (Lipinski definition) is 5. The maximum atomic E-state index is 9.07. The van der Waals surface area contributed by atoms with Crippen molar-refractivity contribution in [1.29, 1.82) is 0 Å². The van der Waals surface area contributed by atoms with Crippen LogP contribution in [0.15, 0.2) is 10.3 Å². The minimum Gasteiger partial charge on any atom is -0.221 e. The first-order valence-corrected chi connectivity index (χ1v) is 2.22. The van der Waals surface area contributed by atoms with Gasteiger partial charge in [-0.25, -0.2) is 14.5 Å². The van der Waals surface area contributed by atoms with E-state index >= 15 is 0 Å². The van der Waals surface area contributed by atoms with E-state index in [2.05, 4.69) is 15.2 Å². The largest absolute Gasteiger partial charge is 0.279 e. The van der Waals surface area contributed by atoms with Crippen molar-refractivity contribution in [3.63, 3.8) is 0 Å². The second-order valence-electron chi connectivity index (χ2n) is 0.447. The zero-order valence-corrected chi connectivity index (χ0v) is 5.12. The molecule has 0 aromatic carbocycles. The fourth-order valence-corrected chi connectivity index (χ4v) is 0.0537. The molecule has 0 aromatic rings. The highest BCUT2D eigenvalue weighted by atomic mass is 16.8. The molecule has 5 nitrogen and oxygen atoms in total. The summed E-state index contributed by atoms with van der Waals surface area (Å²) in [5, 5.41) is 4.85. The predicted molar refractivity (Wildman–Crippen MR) is 28.7 cm³/mol. The van der Waals surface area contributed by atoms with Gasteiger partial charge in [-0.15, -0.1) is 0 Å². The van der Waals surface area contributed by atoms with Crippen molar-refractivity contribution in [1.82, 2.24) is 0 Å². The van der Waals surface area contributed by atoms with Crippen molar-refractivity contribution in [2.45, 2.75) is 13.8 Å². The van der Waals surface area contributed by atoms with Gasteiger partial charge in [0.05, 0.1) is 0 Å². The molecule has 0 saturated heterocycles. The normalized spacial score (nSPS) is 4.67. The highest BCUT2D eigenvalue weighted by molar-refractivity contribution is 5.32. The van der Waals surface area contributed by atoms with Crippen LogP contribution in [-0.4, -0.2) is 12.2 Å². The summed E-state index contributed by atoms with van der Waals surface area (Å²) in [7, 11) is 0. The standard InChI is InChI=1S/C2N2O3.C2H6/c5-1-3-7-4-2-6;1-2/h;1-2H3. The van der Waals surface area contributed by atoms with Gasteiger partial charge >= 0.3 is 0 Å². The zero-order valence-electron chi connectivity index (χ0n) is 5.12. The Kier molecular flexibility index (Phi) is 18.7. The van der Waals surface area contributed by atoms with Crippen molar-refractivity contribution in [2.75, 3.05) is 0 Å². The molecule has 0 radical (unpaired) electrons. The molecule has 0 aliphatic carbocycles. The van der Waals surface area contributed by atoms with E-state index in [-0.39, 0.29) is 0 Å². The van der Waals surface area contributed by atoms with Crippen molar-refractivity contribution in [2.24, 2.45) is 10.3 Å². The van der Waals surface area contributed by atoms with Gasteiger partial charge in [-0.1, -0.05) is 13.8 Å². The Hall–Kier alpha value is -1.44. The first-order chi connectivity index (χ1) is 4.41. The minimum atomic E-state index is 0.983. The molecule has 0 unspecified atom stereocenters. The van der Waals surface area contributed by atoms with Gasteiger partial charge in [0.25, 0.3) is 12.2 Å². The Morgan fingerprint density at radius 2 is 1.44 bits per heavy atom. The van der Waals surface area contributed by atoms with E-state index in [1.54, 1.807) is 0 Å². The maximum Gasteiger partial charge on any atom is 0.279 e. The van der Waals surface area contributed by atoms with Gasteiger partial charge in [-0.2, -0.15) is 0 Å². The topological polar surface area (TPSA) is 68.1 Å². The average molecular weight is 130 g/mol. The lowest BCUT2D eigenvalue weighted by atomic mass is 11.0. The summed E-state index contributed by atoms with van der Waals surface area (Å²) in [5.41, 5.74) is 0. The molecule has 0 spiro atoms. The molecule has 0 bridgehead atoms. The second kappa shape index (κ2) is 16.0. The third-order valence-electron chi connectivity index (χ3n) is 0.156. The lowest BCUT2D eigenvalue weighted by Gasteiger charge is -1.66. The molecule has 0 aliphatic rings. The first-order valence-electron chi connectivity index (χ1n) is 2.22. The molecular formula is C4H6N2O3. The van der Waals surface area contributed by atoms with Gasteiger partial charge in [0.1, 0.15) is 0 Å². The van der Waals surface area contributed by atoms with E-state index < -0.39 is 0 Å². The Labute approximate surface area is 52.0 Å². The van der Waals surface area contributed by atoms with Gasteiger partial charge in [0.2, 0.25) is 0 Å². The Balaban J connectivity index is 0. The average Bonchev–Trinajstić information content (AvgIpc) is 1.94. The fourth-order valence-electron chi connectivity index (χ4n) is 0.0537. The number of carbonyl (C=O) groups excluding carboxylic acids is 2. The van der Waals surface area contributed by atoms with Gasteiger partial charge in [0.15, 0.2) is 0 Å². The Bertz CT molecular complexity index is 117. The van der Waals surface area contributed by atoms with Crippen LogP contribution in [0.2, 0.25) is 0 Å². The van der Waals surface area contributed by atoms with Crippen LogP contribution in [0, 0.1) is 0 Å². The Morgan fingerprint density at radius 3 is 1.67 bits per heavy atom. The lowest BCUT2D eigenvalue weighted by Crippen LogP contribution is -1.61. The van der Waals surface area contributed by atoms with Gasteiger partial charge < -0.3 is 0 Å². The molecule has 0 aromatic heterocycles. The molecule has 0 heterocycles. The van der Waals surface area contributed by atoms with Gasteiger partial charge in [0, 0.05) is 10.3 Å². The summed E-state index contributed by atoms with van der Waals surface area (Å²) in [6, 6.07) is 0. The van der Waals surface area contributed by atoms with Crippen molar-refractivity contribution in [3.8, 4) is 0 Å². The number of rotatable bonds is 2. The van der Waals surface area contributed by atoms with Crippen molar-refractivity contribution in [3.05, 3.63) is 0 Å². The van der Waals surface area contributed by atoms with Crippen LogP contribution >= 0.6 is 0 Å². The van der Waals surface area contributed by atoms with Crippen LogP contribution in [0.25, 0.3) is 0 Å². The number of isocyanates is 2. The summed E-state index contributed by atoms with van der Waals surface area (Å²) >= 11 is 0. The minimum absolute atomic E-state index is 0.983. The number of nitrogens with zero attached hydrogens (tertiary/aromatic N) is 2. The molecule has 5 heteroatoms. The third kappa shape index (κ3) is 20.8. The molecule has 0 fully saturated rings.